The highest BCUT2D eigenvalue weighted by atomic mass is 127. The van der Waals surface area contributed by atoms with Crippen molar-refractivity contribution in [1.29, 1.82) is 0 Å². The predicted molar refractivity (Wildman–Crippen MR) is 77.1 cm³/mol. The van der Waals surface area contributed by atoms with Crippen molar-refractivity contribution < 1.29 is 4.39 Å². The van der Waals surface area contributed by atoms with Gasteiger partial charge in [0.2, 0.25) is 5.95 Å². The van der Waals surface area contributed by atoms with Crippen LogP contribution in [0.5, 0.6) is 0 Å². The molecule has 0 aliphatic rings. The summed E-state index contributed by atoms with van der Waals surface area (Å²) in [6.07, 6.45) is 3.34. The largest absolute Gasteiger partial charge is 0.322 e. The van der Waals surface area contributed by atoms with Gasteiger partial charge in [0.25, 0.3) is 0 Å². The van der Waals surface area contributed by atoms with Crippen LogP contribution in [0.3, 0.4) is 0 Å². The third-order valence-corrected chi connectivity index (χ3v) is 3.34. The van der Waals surface area contributed by atoms with Crippen LogP contribution in [0.25, 0.3) is 0 Å². The van der Waals surface area contributed by atoms with Gasteiger partial charge in [-0.3, -0.25) is 0 Å². The average Bonchev–Trinajstić information content (AvgIpc) is 2.26. The molecule has 0 unspecified atom stereocenters. The zero-order valence-electron chi connectivity index (χ0n) is 8.22. The third-order valence-electron chi connectivity index (χ3n) is 1.86. The van der Waals surface area contributed by atoms with Crippen molar-refractivity contribution in [3.8, 4) is 0 Å². The van der Waals surface area contributed by atoms with E-state index in [1.807, 2.05) is 0 Å². The van der Waals surface area contributed by atoms with Crippen LogP contribution in [-0.4, -0.2) is 9.97 Å². The molecule has 7 heteroatoms. The van der Waals surface area contributed by atoms with Crippen molar-refractivity contribution in [1.82, 2.24) is 9.97 Å². The molecule has 1 aromatic carbocycles. The first-order valence-electron chi connectivity index (χ1n) is 4.45. The second-order valence-corrected chi connectivity index (χ2v) is 5.60. The summed E-state index contributed by atoms with van der Waals surface area (Å²) < 4.78 is 14.5. The molecule has 0 saturated heterocycles. The second-order valence-electron chi connectivity index (χ2n) is 3.09. The quantitative estimate of drug-likeness (QED) is 0.722. The fourth-order valence-electron chi connectivity index (χ4n) is 1.15. The zero-order valence-corrected chi connectivity index (χ0v) is 12.7. The van der Waals surface area contributed by atoms with Gasteiger partial charge in [-0.2, -0.15) is 0 Å². The van der Waals surface area contributed by atoms with E-state index in [0.29, 0.717) is 16.1 Å². The Morgan fingerprint density at radius 1 is 1.29 bits per heavy atom. The molecule has 0 bridgehead atoms. The lowest BCUT2D eigenvalue weighted by molar-refractivity contribution is 0.627. The Labute approximate surface area is 124 Å². The van der Waals surface area contributed by atoms with E-state index in [9.17, 15) is 4.39 Å². The molecule has 1 aromatic heterocycles. The van der Waals surface area contributed by atoms with Crippen molar-refractivity contribution in [3.05, 3.63) is 43.4 Å². The Balaban J connectivity index is 2.33. The monoisotopic (exact) mass is 427 g/mol. The van der Waals surface area contributed by atoms with Crippen LogP contribution in [0.2, 0.25) is 5.02 Å². The molecular weight excluding hydrogens is 423 g/mol. The molecule has 0 aliphatic heterocycles. The molecule has 2 aromatic rings. The highest BCUT2D eigenvalue weighted by Crippen LogP contribution is 2.33. The summed E-state index contributed by atoms with van der Waals surface area (Å²) in [5.74, 6) is -0.00409. The molecule has 2 rings (SSSR count). The number of benzene rings is 1. The van der Waals surface area contributed by atoms with Gasteiger partial charge >= 0.3 is 0 Å². The lowest BCUT2D eigenvalue weighted by atomic mass is 10.3. The fraction of sp³-hybridized carbons (Fsp3) is 0. The van der Waals surface area contributed by atoms with Crippen LogP contribution >= 0.6 is 50.1 Å². The van der Waals surface area contributed by atoms with Crippen LogP contribution in [0.15, 0.2) is 29.0 Å². The molecule has 0 spiro atoms. The Morgan fingerprint density at radius 3 is 2.53 bits per heavy atom. The SMILES string of the molecule is Fc1cc(Cl)c(Nc2ncc(I)cn2)c(Br)c1. The van der Waals surface area contributed by atoms with E-state index in [0.717, 1.165) is 3.57 Å². The minimum atomic E-state index is -0.407. The van der Waals surface area contributed by atoms with Gasteiger partial charge in [-0.05, 0) is 50.7 Å². The number of hydrogen-bond acceptors (Lipinski definition) is 3. The van der Waals surface area contributed by atoms with Crippen molar-refractivity contribution >= 4 is 61.8 Å². The Hall–Kier alpha value is -0.470. The van der Waals surface area contributed by atoms with E-state index in [1.54, 1.807) is 12.4 Å². The smallest absolute Gasteiger partial charge is 0.227 e. The van der Waals surface area contributed by atoms with Crippen LogP contribution < -0.4 is 5.32 Å². The third kappa shape index (κ3) is 3.26. The number of halogens is 4. The predicted octanol–water partition coefficient (Wildman–Crippen LogP) is 4.38. The van der Waals surface area contributed by atoms with E-state index in [2.05, 4.69) is 53.8 Å². The summed E-state index contributed by atoms with van der Waals surface area (Å²) >= 11 is 11.3. The molecule has 0 aliphatic carbocycles. The first-order valence-corrected chi connectivity index (χ1v) is 6.70. The first-order chi connectivity index (χ1) is 8.06. The summed E-state index contributed by atoms with van der Waals surface area (Å²) in [7, 11) is 0. The lowest BCUT2D eigenvalue weighted by Crippen LogP contribution is -1.98. The number of nitrogens with one attached hydrogen (secondary N) is 1. The van der Waals surface area contributed by atoms with Crippen molar-refractivity contribution in [2.45, 2.75) is 0 Å². The standard InChI is InChI=1S/C10H5BrClFIN3/c11-7-1-5(13)2-8(12)9(7)17-10-15-3-6(14)4-16-10/h1-4H,(H,15,16,17). The van der Waals surface area contributed by atoms with Gasteiger partial charge in [0.05, 0.1) is 10.7 Å². The Morgan fingerprint density at radius 2 is 1.94 bits per heavy atom. The molecule has 3 nitrogen and oxygen atoms in total. The molecule has 1 N–H and O–H groups in total. The van der Waals surface area contributed by atoms with Crippen LogP contribution in [-0.2, 0) is 0 Å². The van der Waals surface area contributed by atoms with Crippen molar-refractivity contribution in [2.24, 2.45) is 0 Å². The lowest BCUT2D eigenvalue weighted by Gasteiger charge is -2.09. The maximum absolute atomic E-state index is 13.0. The van der Waals surface area contributed by atoms with Crippen molar-refractivity contribution in [2.75, 3.05) is 5.32 Å². The van der Waals surface area contributed by atoms with E-state index < -0.39 is 5.82 Å². The number of aromatic nitrogens is 2. The average molecular weight is 428 g/mol. The van der Waals surface area contributed by atoms with E-state index in [1.165, 1.54) is 12.1 Å². The number of anilines is 2. The normalized spacial score (nSPS) is 10.4. The van der Waals surface area contributed by atoms with E-state index in [-0.39, 0.29) is 5.02 Å². The molecule has 0 amide bonds. The van der Waals surface area contributed by atoms with Crippen LogP contribution in [0, 0.1) is 9.39 Å². The summed E-state index contributed by atoms with van der Waals surface area (Å²) in [4.78, 5) is 8.15. The molecule has 88 valence electrons. The van der Waals surface area contributed by atoms with Crippen LogP contribution in [0.4, 0.5) is 16.0 Å². The summed E-state index contributed by atoms with van der Waals surface area (Å²) in [6, 6.07) is 2.54. The van der Waals surface area contributed by atoms with Gasteiger partial charge < -0.3 is 5.32 Å². The molecule has 17 heavy (non-hydrogen) atoms. The number of rotatable bonds is 2. The minimum absolute atomic E-state index is 0.263. The van der Waals surface area contributed by atoms with Gasteiger partial charge in [-0.15, -0.1) is 0 Å². The van der Waals surface area contributed by atoms with E-state index >= 15 is 0 Å². The molecule has 0 fully saturated rings. The molecular formula is C10H5BrClFIN3. The maximum Gasteiger partial charge on any atom is 0.227 e. The van der Waals surface area contributed by atoms with Gasteiger partial charge in [0, 0.05) is 20.4 Å². The number of nitrogens with zero attached hydrogens (tertiary/aromatic N) is 2. The second kappa shape index (κ2) is 5.45. The Kier molecular flexibility index (Phi) is 4.16. The van der Waals surface area contributed by atoms with Gasteiger partial charge in [0.15, 0.2) is 0 Å². The summed E-state index contributed by atoms with van der Waals surface area (Å²) in [6.45, 7) is 0. The van der Waals surface area contributed by atoms with E-state index in [4.69, 9.17) is 11.6 Å². The topological polar surface area (TPSA) is 37.8 Å². The summed E-state index contributed by atoms with van der Waals surface area (Å²) in [5.41, 5.74) is 0.536. The zero-order chi connectivity index (χ0) is 12.4. The Bertz CT molecular complexity index is 527. The van der Waals surface area contributed by atoms with Crippen LogP contribution in [0.1, 0.15) is 0 Å². The fourth-order valence-corrected chi connectivity index (χ4v) is 2.33. The first kappa shape index (κ1) is 13.0. The summed E-state index contributed by atoms with van der Waals surface area (Å²) in [5, 5.41) is 3.19. The molecule has 0 radical (unpaired) electrons. The highest BCUT2D eigenvalue weighted by Gasteiger charge is 2.09. The number of hydrogen-bond donors (Lipinski definition) is 1. The van der Waals surface area contributed by atoms with Gasteiger partial charge in [-0.25, -0.2) is 14.4 Å². The maximum atomic E-state index is 13.0. The minimum Gasteiger partial charge on any atom is -0.322 e. The molecule has 0 saturated carbocycles. The van der Waals surface area contributed by atoms with Gasteiger partial charge in [0.1, 0.15) is 5.82 Å². The highest BCUT2D eigenvalue weighted by molar-refractivity contribution is 14.1. The molecule has 0 atom stereocenters. The van der Waals surface area contributed by atoms with Gasteiger partial charge in [-0.1, -0.05) is 11.6 Å². The van der Waals surface area contributed by atoms with Crippen molar-refractivity contribution in [3.63, 3.8) is 0 Å². The molecule has 1 heterocycles.